The summed E-state index contributed by atoms with van der Waals surface area (Å²) in [6.45, 7) is 2.17. The number of hydrogen-bond acceptors (Lipinski definition) is 8. The maximum absolute atomic E-state index is 9.00. The molecule has 0 aliphatic carbocycles. The molecular formula is C77H54N8O6Pd2. The third kappa shape index (κ3) is 11.3. The van der Waals surface area contributed by atoms with E-state index < -0.39 is 11.9 Å². The largest absolute Gasteiger partial charge is 2.00 e. The molecule has 14 nitrogen and oxygen atoms in total. The van der Waals surface area contributed by atoms with Crippen molar-refractivity contribution in [3.05, 3.63) is 267 Å². The van der Waals surface area contributed by atoms with Crippen molar-refractivity contribution >= 4 is 132 Å². The Morgan fingerprint density at radius 1 is 0.387 bits per heavy atom. The molecule has 18 aromatic rings. The van der Waals surface area contributed by atoms with Crippen LogP contribution in [-0.2, 0) is 50.4 Å². The third-order valence-corrected chi connectivity index (χ3v) is 15.8. The van der Waals surface area contributed by atoms with E-state index in [1.807, 2.05) is 97.3 Å². The Morgan fingerprint density at radius 2 is 0.796 bits per heavy atom. The number of para-hydroxylation sites is 8. The molecule has 0 radical (unpaired) electrons. The molecule has 2 N–H and O–H groups in total. The van der Waals surface area contributed by atoms with Gasteiger partial charge in [-0.2, -0.15) is 6.07 Å². The van der Waals surface area contributed by atoms with Crippen molar-refractivity contribution in [2.24, 2.45) is 0 Å². The summed E-state index contributed by atoms with van der Waals surface area (Å²) in [5.74, 6) is 2.80. The fraction of sp³-hybridized carbons (Fsp3) is 0.0390. The average Bonchev–Trinajstić information content (AvgIpc) is 1.70. The van der Waals surface area contributed by atoms with Gasteiger partial charge in [0.05, 0.1) is 44.3 Å². The first kappa shape index (κ1) is 62.1. The van der Waals surface area contributed by atoms with Crippen LogP contribution in [0.4, 0.5) is 0 Å². The van der Waals surface area contributed by atoms with Crippen molar-refractivity contribution < 1.29 is 70.1 Å². The normalized spacial score (nSPS) is 11.0. The van der Waals surface area contributed by atoms with E-state index in [0.29, 0.717) is 11.5 Å². The van der Waals surface area contributed by atoms with E-state index in [4.69, 9.17) is 39.2 Å². The van der Waals surface area contributed by atoms with E-state index in [0.717, 1.165) is 147 Å². The molecule has 93 heavy (non-hydrogen) atoms. The van der Waals surface area contributed by atoms with Gasteiger partial charge in [0.1, 0.15) is 28.8 Å². The Bertz CT molecular complexity index is 5500. The fourth-order valence-corrected chi connectivity index (χ4v) is 12.3. The summed E-state index contributed by atoms with van der Waals surface area (Å²) in [7, 11) is 0. The van der Waals surface area contributed by atoms with Crippen molar-refractivity contribution in [1.82, 2.24) is 37.9 Å². The molecule has 0 fully saturated rings. The average molecular weight is 1400 g/mol. The first-order valence-corrected chi connectivity index (χ1v) is 29.1. The number of fused-ring (bicyclic) bond motifs is 22. The van der Waals surface area contributed by atoms with Gasteiger partial charge in [-0.15, -0.1) is 29.7 Å². The minimum absolute atomic E-state index is 0. The van der Waals surface area contributed by atoms with Crippen LogP contribution in [0.5, 0.6) is 23.0 Å². The number of aromatic nitrogens is 8. The van der Waals surface area contributed by atoms with Crippen LogP contribution in [0.25, 0.3) is 132 Å². The van der Waals surface area contributed by atoms with Gasteiger partial charge in [0, 0.05) is 96.8 Å². The number of carboxylic acids is 2. The molecule has 0 aliphatic rings. The number of carboxylic acid groups (broad SMARTS) is 2. The summed E-state index contributed by atoms with van der Waals surface area (Å²) in [5.41, 5.74) is 12.3. The molecule has 8 aromatic heterocycles. The number of carbonyl (C=O) groups is 2. The molecule has 0 atom stereocenters. The minimum atomic E-state index is -0.833. The zero-order valence-corrected chi connectivity index (χ0v) is 52.1. The second-order valence-electron chi connectivity index (χ2n) is 21.5. The molecule has 16 heteroatoms. The maximum atomic E-state index is 9.00. The molecule has 8 heterocycles. The number of rotatable bonds is 6. The van der Waals surface area contributed by atoms with Crippen LogP contribution in [0.15, 0.2) is 255 Å². The van der Waals surface area contributed by atoms with Crippen molar-refractivity contribution in [2.45, 2.75) is 21.3 Å². The van der Waals surface area contributed by atoms with Gasteiger partial charge in [-0.1, -0.05) is 139 Å². The summed E-state index contributed by atoms with van der Waals surface area (Å²) in [4.78, 5) is 37.3. The van der Waals surface area contributed by atoms with E-state index in [2.05, 4.69) is 198 Å². The third-order valence-electron chi connectivity index (χ3n) is 15.8. The molecule has 0 saturated carbocycles. The number of nitrogens with zero attached hydrogens (tertiary/aromatic N) is 8. The predicted octanol–water partition coefficient (Wildman–Crippen LogP) is 18.6. The monoisotopic (exact) mass is 1400 g/mol. The Balaban J connectivity index is 0.000000156. The Kier molecular flexibility index (Phi) is 17.4. The number of benzene rings is 10. The number of pyridine rings is 4. The Hall–Kier alpha value is -11.1. The standard InChI is InChI=1S/C36H22N4O.C36H20N4O.2C2H4O2.CH4.2Pd/c2*1-5-13-32-26(9-1)25-18-16-23(21-29(25)36-38-30-11-3-6-14-33(30)40(32)36)41-24-17-19-28-27-10-2-4-12-31(27)39(34(28)22-24)35-15-7-8-20-37-35;2*1-2(3)4;;;/h1-22H;1-20H;2*1H3,(H,3,4);1H4;;/q;-2;;;;;+2. The quantitative estimate of drug-likeness (QED) is 0.0930. The molecule has 458 valence electrons. The summed E-state index contributed by atoms with van der Waals surface area (Å²) >= 11 is 0. The van der Waals surface area contributed by atoms with Gasteiger partial charge in [-0.3, -0.25) is 23.5 Å². The second kappa shape index (κ2) is 26.0. The summed E-state index contributed by atoms with van der Waals surface area (Å²) in [6.07, 6.45) is 3.64. The number of aliphatic carboxylic acids is 2. The van der Waals surface area contributed by atoms with Crippen LogP contribution < -0.4 is 9.47 Å². The van der Waals surface area contributed by atoms with Gasteiger partial charge in [0.15, 0.2) is 0 Å². The van der Waals surface area contributed by atoms with Crippen molar-refractivity contribution in [2.75, 3.05) is 0 Å². The van der Waals surface area contributed by atoms with E-state index in [-0.39, 0.29) is 48.3 Å². The zero-order valence-electron chi connectivity index (χ0n) is 49.0. The molecule has 18 rings (SSSR count). The van der Waals surface area contributed by atoms with Crippen LogP contribution in [0.1, 0.15) is 21.3 Å². The van der Waals surface area contributed by atoms with Gasteiger partial charge in [0.2, 0.25) is 0 Å². The summed E-state index contributed by atoms with van der Waals surface area (Å²) in [6, 6.07) is 90.0. The molecule has 0 bridgehead atoms. The van der Waals surface area contributed by atoms with E-state index in [1.165, 1.54) is 10.8 Å². The SMILES string of the molecule is C.CC(=O)O.CC(=O)O.[Pd+2].[Pd].[c-]1c(Oc2[c-]c3c(cc2)c2ccccc2n3-c2ccccn2)ccc2c1c1nc3ccccc3n1c1ccccc21.c1ccc(-n2c3ccccc3c3ccc(Oc4ccc5c6ccccc6n6c7ccccc7nc6c5c4)cc32)nc1. The second-order valence-corrected chi connectivity index (χ2v) is 21.5. The van der Waals surface area contributed by atoms with Crippen molar-refractivity contribution in [3.63, 3.8) is 0 Å². The zero-order chi connectivity index (χ0) is 61.0. The topological polar surface area (TPSA) is 163 Å². The van der Waals surface area contributed by atoms with Crippen LogP contribution in [0.2, 0.25) is 0 Å². The molecule has 0 spiro atoms. The number of ether oxygens (including phenoxy) is 2. The van der Waals surface area contributed by atoms with Crippen LogP contribution in [0, 0.1) is 12.1 Å². The van der Waals surface area contributed by atoms with Gasteiger partial charge < -0.3 is 28.7 Å². The smallest absolute Gasteiger partial charge is 0.503 e. The first-order chi connectivity index (χ1) is 44.1. The molecule has 0 saturated heterocycles. The van der Waals surface area contributed by atoms with E-state index in [1.54, 1.807) is 0 Å². The number of imidazole rings is 2. The molecule has 10 aromatic carbocycles. The Labute approximate surface area is 559 Å². The van der Waals surface area contributed by atoms with Crippen molar-refractivity contribution in [1.29, 1.82) is 0 Å². The molecule has 0 aliphatic heterocycles. The number of hydrogen-bond donors (Lipinski definition) is 2. The van der Waals surface area contributed by atoms with Gasteiger partial charge in [-0.05, 0) is 119 Å². The first-order valence-electron chi connectivity index (χ1n) is 29.1. The molecule has 0 unspecified atom stereocenters. The molecular weight excluding hydrogens is 1350 g/mol. The molecule has 0 amide bonds. The van der Waals surface area contributed by atoms with Gasteiger partial charge >= 0.3 is 20.4 Å². The van der Waals surface area contributed by atoms with Crippen molar-refractivity contribution in [3.8, 4) is 34.6 Å². The van der Waals surface area contributed by atoms with Crippen LogP contribution in [0.3, 0.4) is 0 Å². The predicted molar refractivity (Wildman–Crippen MR) is 364 cm³/mol. The maximum Gasteiger partial charge on any atom is 2.00 e. The summed E-state index contributed by atoms with van der Waals surface area (Å²) in [5, 5.41) is 26.0. The Morgan fingerprint density at radius 3 is 1.38 bits per heavy atom. The minimum Gasteiger partial charge on any atom is -0.503 e. The van der Waals surface area contributed by atoms with E-state index >= 15 is 0 Å². The van der Waals surface area contributed by atoms with E-state index in [9.17, 15) is 0 Å². The summed E-state index contributed by atoms with van der Waals surface area (Å²) < 4.78 is 21.8. The van der Waals surface area contributed by atoms with Gasteiger partial charge in [0.25, 0.3) is 11.9 Å². The van der Waals surface area contributed by atoms with Gasteiger partial charge in [-0.25, -0.2) is 15.0 Å². The van der Waals surface area contributed by atoms with Crippen LogP contribution in [-0.4, -0.2) is 60.0 Å². The van der Waals surface area contributed by atoms with Crippen LogP contribution >= 0.6 is 0 Å². The fourth-order valence-electron chi connectivity index (χ4n) is 12.3.